The van der Waals surface area contributed by atoms with E-state index in [2.05, 4.69) is 25.5 Å². The van der Waals surface area contributed by atoms with Gasteiger partial charge < -0.3 is 35.3 Å². The molecule has 3 aromatic rings. The first-order valence-corrected chi connectivity index (χ1v) is 9.55. The number of hydrogen-bond acceptors (Lipinski definition) is 12. The third-order valence-corrected chi connectivity index (χ3v) is 5.12. The van der Waals surface area contributed by atoms with Crippen LogP contribution in [0.3, 0.4) is 0 Å². The third-order valence-electron chi connectivity index (χ3n) is 5.12. The molecule has 2 aliphatic rings. The first kappa shape index (κ1) is 20.2. The second kappa shape index (κ2) is 7.76. The van der Waals surface area contributed by atoms with Crippen LogP contribution in [0.2, 0.25) is 0 Å². The summed E-state index contributed by atoms with van der Waals surface area (Å²) in [5, 5.41) is 34.2. The minimum Gasteiger partial charge on any atom is -0.454 e. The summed E-state index contributed by atoms with van der Waals surface area (Å²) < 4.78 is 17.4. The van der Waals surface area contributed by atoms with E-state index in [4.69, 9.17) is 19.9 Å². The minimum atomic E-state index is -1.44. The Morgan fingerprint density at radius 3 is 2.88 bits per heavy atom. The number of aromatic amines is 1. The van der Waals surface area contributed by atoms with Gasteiger partial charge in [0.2, 0.25) is 18.7 Å². The van der Waals surface area contributed by atoms with Crippen LogP contribution in [0.5, 0.6) is 11.5 Å². The molecule has 2 aromatic heterocycles. The van der Waals surface area contributed by atoms with Gasteiger partial charge in [0.1, 0.15) is 18.3 Å². The molecular weight excluding hydrogens is 426 g/mol. The summed E-state index contributed by atoms with van der Waals surface area (Å²) in [7, 11) is 0. The van der Waals surface area contributed by atoms with Crippen LogP contribution in [0.1, 0.15) is 11.8 Å². The predicted molar refractivity (Wildman–Crippen MR) is 109 cm³/mol. The number of ether oxygens (including phenoxy) is 3. The van der Waals surface area contributed by atoms with Crippen LogP contribution in [0.25, 0.3) is 11.2 Å². The van der Waals surface area contributed by atoms with Crippen molar-refractivity contribution in [1.29, 1.82) is 0 Å². The van der Waals surface area contributed by atoms with Gasteiger partial charge in [-0.2, -0.15) is 10.1 Å². The van der Waals surface area contributed by atoms with Gasteiger partial charge in [-0.15, -0.1) is 0 Å². The Bertz CT molecular complexity index is 1260. The first-order valence-electron chi connectivity index (χ1n) is 9.55. The fourth-order valence-corrected chi connectivity index (χ4v) is 3.57. The van der Waals surface area contributed by atoms with Gasteiger partial charge in [0.25, 0.3) is 5.56 Å². The third kappa shape index (κ3) is 3.31. The average molecular weight is 445 g/mol. The van der Waals surface area contributed by atoms with E-state index >= 15 is 0 Å². The molecule has 1 aromatic carbocycles. The highest BCUT2D eigenvalue weighted by molar-refractivity contribution is 5.82. The minimum absolute atomic E-state index is 0.00173. The maximum absolute atomic E-state index is 12.3. The molecule has 0 spiro atoms. The van der Waals surface area contributed by atoms with Gasteiger partial charge in [-0.25, -0.2) is 10.4 Å². The van der Waals surface area contributed by atoms with Crippen molar-refractivity contribution < 1.29 is 29.5 Å². The number of hydrazone groups is 1. The second-order valence-corrected chi connectivity index (χ2v) is 7.14. The SMILES string of the molecule is Nc1nc2c(nc(N/N=C\c3ccc4c(c3)OCO4)n2C2OC(CO)C(O)C2O)c(=O)[nH]1. The molecule has 32 heavy (non-hydrogen) atoms. The average Bonchev–Trinajstić information content (AvgIpc) is 3.45. The number of aliphatic hydroxyl groups is 3. The van der Waals surface area contributed by atoms with Crippen LogP contribution in [0.15, 0.2) is 28.1 Å². The van der Waals surface area contributed by atoms with Crippen molar-refractivity contribution in [2.45, 2.75) is 24.5 Å². The summed E-state index contributed by atoms with van der Waals surface area (Å²) in [6, 6.07) is 5.24. The monoisotopic (exact) mass is 445 g/mol. The standard InChI is InChI=1S/C18H19N7O7/c19-17-22-14-11(15(29)23-17)21-18(25(14)16-13(28)12(27)10(5-26)32-16)24-20-4-7-1-2-8-9(3-7)31-6-30-8/h1-4,10,12-13,16,26-28H,5-6H2,(H,21,24)(H3,19,22,23,29)/b20-4-. The number of nitrogens with one attached hydrogen (secondary N) is 2. The van der Waals surface area contributed by atoms with E-state index in [9.17, 15) is 20.1 Å². The molecule has 7 N–H and O–H groups in total. The fourth-order valence-electron chi connectivity index (χ4n) is 3.57. The molecule has 0 aliphatic carbocycles. The number of nitrogens with two attached hydrogens (primary N) is 1. The molecule has 4 atom stereocenters. The predicted octanol–water partition coefficient (Wildman–Crippen LogP) is -1.51. The van der Waals surface area contributed by atoms with E-state index in [0.717, 1.165) is 0 Å². The molecule has 5 rings (SSSR count). The zero-order valence-corrected chi connectivity index (χ0v) is 16.4. The number of aromatic nitrogens is 4. The van der Waals surface area contributed by atoms with Crippen LogP contribution >= 0.6 is 0 Å². The van der Waals surface area contributed by atoms with Crippen LogP contribution in [-0.4, -0.2) is 72.8 Å². The summed E-state index contributed by atoms with van der Waals surface area (Å²) in [6.07, 6.45) is -3.59. The molecule has 14 heteroatoms. The molecule has 0 amide bonds. The molecule has 0 saturated carbocycles. The zero-order valence-electron chi connectivity index (χ0n) is 16.4. The summed E-state index contributed by atoms with van der Waals surface area (Å²) in [5.41, 5.74) is 8.35. The molecule has 0 radical (unpaired) electrons. The summed E-state index contributed by atoms with van der Waals surface area (Å²) in [6.45, 7) is -0.379. The van der Waals surface area contributed by atoms with E-state index < -0.39 is 36.7 Å². The van der Waals surface area contributed by atoms with E-state index in [-0.39, 0.29) is 29.9 Å². The van der Waals surface area contributed by atoms with Gasteiger partial charge in [-0.3, -0.25) is 14.3 Å². The highest BCUT2D eigenvalue weighted by atomic mass is 16.7. The molecule has 14 nitrogen and oxygen atoms in total. The molecule has 1 saturated heterocycles. The Balaban J connectivity index is 1.52. The van der Waals surface area contributed by atoms with Gasteiger partial charge in [0.15, 0.2) is 28.9 Å². The number of nitrogens with zero attached hydrogens (tertiary/aromatic N) is 4. The van der Waals surface area contributed by atoms with E-state index in [1.165, 1.54) is 10.8 Å². The van der Waals surface area contributed by atoms with Crippen molar-refractivity contribution in [3.63, 3.8) is 0 Å². The fraction of sp³-hybridized carbons (Fsp3) is 0.333. The van der Waals surface area contributed by atoms with E-state index in [0.29, 0.717) is 17.1 Å². The number of aliphatic hydroxyl groups excluding tert-OH is 3. The largest absolute Gasteiger partial charge is 0.454 e. The Labute approximate surface area is 178 Å². The Hall–Kier alpha value is -3.72. The zero-order chi connectivity index (χ0) is 22.4. The highest BCUT2D eigenvalue weighted by Crippen LogP contribution is 2.34. The summed E-state index contributed by atoms with van der Waals surface area (Å²) in [4.78, 5) is 22.9. The van der Waals surface area contributed by atoms with Crippen LogP contribution in [0, 0.1) is 0 Å². The molecule has 2 aliphatic heterocycles. The number of nitrogen functional groups attached to an aromatic ring is 1. The van der Waals surface area contributed by atoms with Crippen molar-refractivity contribution in [2.24, 2.45) is 5.10 Å². The van der Waals surface area contributed by atoms with Crippen LogP contribution < -0.4 is 26.2 Å². The molecule has 0 bridgehead atoms. The lowest BCUT2D eigenvalue weighted by Crippen LogP contribution is -2.33. The van der Waals surface area contributed by atoms with Crippen molar-refractivity contribution in [3.05, 3.63) is 34.1 Å². The maximum Gasteiger partial charge on any atom is 0.280 e. The summed E-state index contributed by atoms with van der Waals surface area (Å²) in [5.74, 6) is 1.03. The number of rotatable bonds is 5. The summed E-state index contributed by atoms with van der Waals surface area (Å²) >= 11 is 0. The number of benzene rings is 1. The number of fused-ring (bicyclic) bond motifs is 2. The molecular formula is C18H19N7O7. The normalized spacial score (nSPS) is 24.6. The second-order valence-electron chi connectivity index (χ2n) is 7.14. The van der Waals surface area contributed by atoms with Crippen molar-refractivity contribution >= 4 is 29.3 Å². The number of H-pyrrole nitrogens is 1. The lowest BCUT2D eigenvalue weighted by molar-refractivity contribution is -0.0501. The van der Waals surface area contributed by atoms with E-state index in [1.54, 1.807) is 18.2 Å². The lowest BCUT2D eigenvalue weighted by atomic mass is 10.1. The van der Waals surface area contributed by atoms with Gasteiger partial charge in [-0.1, -0.05) is 0 Å². The Kier molecular flexibility index (Phi) is 4.90. The van der Waals surface area contributed by atoms with Crippen LogP contribution in [-0.2, 0) is 4.74 Å². The molecule has 4 unspecified atom stereocenters. The number of anilines is 2. The van der Waals surface area contributed by atoms with Gasteiger partial charge >= 0.3 is 0 Å². The number of imidazole rings is 1. The van der Waals surface area contributed by atoms with Gasteiger partial charge in [0, 0.05) is 0 Å². The van der Waals surface area contributed by atoms with Crippen molar-refractivity contribution in [2.75, 3.05) is 24.6 Å². The topological polar surface area (TPSA) is 202 Å². The quantitative estimate of drug-likeness (QED) is 0.197. The lowest BCUT2D eigenvalue weighted by Gasteiger charge is -2.18. The number of hydrogen-bond donors (Lipinski definition) is 6. The highest BCUT2D eigenvalue weighted by Gasteiger charge is 2.45. The first-order chi connectivity index (χ1) is 15.5. The molecule has 4 heterocycles. The van der Waals surface area contributed by atoms with Gasteiger partial charge in [-0.05, 0) is 23.8 Å². The maximum atomic E-state index is 12.3. The van der Waals surface area contributed by atoms with Gasteiger partial charge in [0.05, 0.1) is 12.8 Å². The molecule has 1 fully saturated rings. The van der Waals surface area contributed by atoms with Crippen LogP contribution in [0.4, 0.5) is 11.9 Å². The smallest absolute Gasteiger partial charge is 0.280 e. The Morgan fingerprint density at radius 2 is 2.09 bits per heavy atom. The van der Waals surface area contributed by atoms with Crippen molar-refractivity contribution in [3.8, 4) is 11.5 Å². The Morgan fingerprint density at radius 1 is 1.28 bits per heavy atom. The van der Waals surface area contributed by atoms with E-state index in [1.807, 2.05) is 0 Å². The molecule has 168 valence electrons. The van der Waals surface area contributed by atoms with Crippen molar-refractivity contribution in [1.82, 2.24) is 19.5 Å².